The number of carbonyl (C=O) groups excluding carboxylic acids is 1. The molecule has 2 atom stereocenters. The third-order valence-electron chi connectivity index (χ3n) is 8.34. The summed E-state index contributed by atoms with van der Waals surface area (Å²) in [6.45, 7) is 0.134. The number of ether oxygens (including phenoxy) is 1. The van der Waals surface area contributed by atoms with Crippen molar-refractivity contribution in [2.75, 3.05) is 6.61 Å². The van der Waals surface area contributed by atoms with E-state index in [0.29, 0.717) is 18.9 Å². The number of nitrogens with zero attached hydrogens (tertiary/aromatic N) is 1. The lowest BCUT2D eigenvalue weighted by Gasteiger charge is -2.51. The van der Waals surface area contributed by atoms with Gasteiger partial charge >= 0.3 is 12.3 Å². The largest absolute Gasteiger partial charge is 0.448 e. The molecule has 2 fully saturated rings. The molecule has 3 aromatic rings. The second kappa shape index (κ2) is 9.12. The molecule has 3 aromatic carbocycles. The number of benzene rings is 3. The highest BCUT2D eigenvalue weighted by molar-refractivity contribution is 5.79. The van der Waals surface area contributed by atoms with Gasteiger partial charge < -0.3 is 14.7 Å². The summed E-state index contributed by atoms with van der Waals surface area (Å²) in [4.78, 5) is 15.0. The smallest absolute Gasteiger partial charge is 0.416 e. The summed E-state index contributed by atoms with van der Waals surface area (Å²) < 4.78 is 61.1. The number of carbonyl (C=O) groups is 1. The summed E-state index contributed by atoms with van der Waals surface area (Å²) in [5.74, 6) is -0.958. The molecule has 0 radical (unpaired) electrons. The number of amides is 1. The van der Waals surface area contributed by atoms with Gasteiger partial charge in [0.25, 0.3) is 0 Å². The fraction of sp³-hybridized carbons (Fsp3) is 0.367. The number of piperidine rings is 2. The summed E-state index contributed by atoms with van der Waals surface area (Å²) >= 11 is 0. The van der Waals surface area contributed by atoms with Crippen molar-refractivity contribution in [3.63, 3.8) is 0 Å². The Kier molecular flexibility index (Phi) is 5.98. The lowest BCUT2D eigenvalue weighted by atomic mass is 9.71. The van der Waals surface area contributed by atoms with Crippen molar-refractivity contribution in [1.82, 2.24) is 4.90 Å². The third-order valence-corrected chi connectivity index (χ3v) is 8.34. The predicted molar refractivity (Wildman–Crippen MR) is 133 cm³/mol. The molecule has 2 aliphatic heterocycles. The minimum Gasteiger partial charge on any atom is -0.448 e. The van der Waals surface area contributed by atoms with Crippen LogP contribution in [0, 0.1) is 5.82 Å². The van der Waals surface area contributed by atoms with Crippen LogP contribution in [0.25, 0.3) is 11.1 Å². The molecule has 2 heterocycles. The van der Waals surface area contributed by atoms with E-state index in [-0.39, 0.29) is 25.4 Å². The van der Waals surface area contributed by atoms with E-state index >= 15 is 0 Å². The van der Waals surface area contributed by atoms with Gasteiger partial charge in [0.15, 0.2) is 0 Å². The zero-order valence-electron chi connectivity index (χ0n) is 20.5. The first-order valence-electron chi connectivity index (χ1n) is 12.9. The number of hydrogen-bond donors (Lipinski definition) is 1. The molecule has 0 aromatic heterocycles. The van der Waals surface area contributed by atoms with E-state index in [1.54, 1.807) is 4.90 Å². The molecular weight excluding hydrogens is 498 g/mol. The second-order valence-corrected chi connectivity index (χ2v) is 10.6. The highest BCUT2D eigenvalue weighted by Gasteiger charge is 2.51. The Labute approximate surface area is 217 Å². The molecule has 1 amide bonds. The van der Waals surface area contributed by atoms with E-state index in [4.69, 9.17) is 4.74 Å². The average molecular weight is 526 g/mol. The van der Waals surface area contributed by atoms with Crippen LogP contribution in [0.5, 0.6) is 0 Å². The number of rotatable bonds is 3. The number of alkyl halides is 3. The molecule has 4 nitrogen and oxygen atoms in total. The molecule has 2 saturated heterocycles. The highest BCUT2D eigenvalue weighted by Crippen LogP contribution is 2.49. The Morgan fingerprint density at radius 3 is 2.11 bits per heavy atom. The van der Waals surface area contributed by atoms with Crippen molar-refractivity contribution in [3.8, 4) is 11.1 Å². The van der Waals surface area contributed by atoms with Gasteiger partial charge in [0.1, 0.15) is 12.4 Å². The van der Waals surface area contributed by atoms with Crippen LogP contribution in [0.4, 0.5) is 22.4 Å². The zero-order valence-corrected chi connectivity index (χ0v) is 20.5. The molecular formula is C30H27F4NO3. The lowest BCUT2D eigenvalue weighted by molar-refractivity contribution is -0.144. The standard InChI is InChI=1S/C30H27F4NO3/c31-18-12-13-26(30(32,33)34)27(14-18)29(37)15-19-6-5-7-20(16-29)35(19)28(36)38-17-25-23-10-3-1-8-21(23)22-9-2-4-11-24(22)25/h1-4,8-14,19-20,25,37H,5-7,15-17H2. The van der Waals surface area contributed by atoms with Crippen molar-refractivity contribution >= 4 is 6.09 Å². The van der Waals surface area contributed by atoms with Crippen molar-refractivity contribution < 1.29 is 32.2 Å². The van der Waals surface area contributed by atoms with Gasteiger partial charge in [0.2, 0.25) is 0 Å². The van der Waals surface area contributed by atoms with E-state index in [9.17, 15) is 27.5 Å². The molecule has 38 heavy (non-hydrogen) atoms. The van der Waals surface area contributed by atoms with Crippen molar-refractivity contribution in [1.29, 1.82) is 0 Å². The van der Waals surface area contributed by atoms with Gasteiger partial charge in [-0.3, -0.25) is 0 Å². The van der Waals surface area contributed by atoms with Gasteiger partial charge in [-0.25, -0.2) is 9.18 Å². The Hall–Kier alpha value is -3.39. The van der Waals surface area contributed by atoms with Crippen LogP contribution in [-0.2, 0) is 16.5 Å². The van der Waals surface area contributed by atoms with Gasteiger partial charge in [0.05, 0.1) is 11.2 Å². The predicted octanol–water partition coefficient (Wildman–Crippen LogP) is 7.00. The molecule has 8 heteroatoms. The monoisotopic (exact) mass is 525 g/mol. The van der Waals surface area contributed by atoms with Crippen LogP contribution in [0.1, 0.15) is 60.3 Å². The topological polar surface area (TPSA) is 49.8 Å². The maximum Gasteiger partial charge on any atom is 0.416 e. The Morgan fingerprint density at radius 2 is 1.53 bits per heavy atom. The lowest BCUT2D eigenvalue weighted by Crippen LogP contribution is -2.59. The fourth-order valence-electron chi connectivity index (χ4n) is 6.76. The van der Waals surface area contributed by atoms with Crippen molar-refractivity contribution in [2.24, 2.45) is 0 Å². The van der Waals surface area contributed by atoms with Crippen LogP contribution < -0.4 is 0 Å². The quantitative estimate of drug-likeness (QED) is 0.375. The summed E-state index contributed by atoms with van der Waals surface area (Å²) in [7, 11) is 0. The molecule has 2 bridgehead atoms. The first-order chi connectivity index (χ1) is 18.2. The molecule has 3 aliphatic rings. The fourth-order valence-corrected chi connectivity index (χ4v) is 6.76. The zero-order chi connectivity index (χ0) is 26.7. The summed E-state index contributed by atoms with van der Waals surface area (Å²) in [6, 6.07) is 17.2. The van der Waals surface area contributed by atoms with Gasteiger partial charge in [-0.2, -0.15) is 13.2 Å². The second-order valence-electron chi connectivity index (χ2n) is 10.6. The Bertz CT molecular complexity index is 1330. The number of halogens is 4. The number of aliphatic hydroxyl groups is 1. The van der Waals surface area contributed by atoms with Gasteiger partial charge in [-0.05, 0) is 65.3 Å². The summed E-state index contributed by atoms with van der Waals surface area (Å²) in [6.07, 6.45) is -3.65. The van der Waals surface area contributed by atoms with Crippen molar-refractivity contribution in [3.05, 3.63) is 94.8 Å². The van der Waals surface area contributed by atoms with Gasteiger partial charge in [-0.1, -0.05) is 48.5 Å². The third kappa shape index (κ3) is 4.15. The van der Waals surface area contributed by atoms with Crippen LogP contribution in [0.3, 0.4) is 0 Å². The minimum atomic E-state index is -4.74. The first-order valence-corrected chi connectivity index (χ1v) is 12.9. The normalized spacial score (nSPS) is 24.6. The van der Waals surface area contributed by atoms with E-state index in [2.05, 4.69) is 0 Å². The number of fused-ring (bicyclic) bond motifs is 5. The maximum absolute atomic E-state index is 14.1. The minimum absolute atomic E-state index is 0.111. The van der Waals surface area contributed by atoms with E-state index in [0.717, 1.165) is 40.8 Å². The van der Waals surface area contributed by atoms with Crippen LogP contribution in [0.15, 0.2) is 66.7 Å². The SMILES string of the molecule is O=C(OCC1c2ccccc2-c2ccccc21)N1C2CCCC1CC(O)(c1cc(F)ccc1C(F)(F)F)C2. The summed E-state index contributed by atoms with van der Waals surface area (Å²) in [5, 5.41) is 11.5. The van der Waals surface area contributed by atoms with Gasteiger partial charge in [-0.15, -0.1) is 0 Å². The van der Waals surface area contributed by atoms with E-state index < -0.39 is 46.9 Å². The molecule has 0 saturated carbocycles. The molecule has 2 unspecified atom stereocenters. The maximum atomic E-state index is 14.1. The Morgan fingerprint density at radius 1 is 0.947 bits per heavy atom. The van der Waals surface area contributed by atoms with Crippen LogP contribution >= 0.6 is 0 Å². The van der Waals surface area contributed by atoms with Crippen LogP contribution in [-0.4, -0.2) is 34.8 Å². The highest BCUT2D eigenvalue weighted by atomic mass is 19.4. The average Bonchev–Trinajstić information content (AvgIpc) is 3.20. The summed E-state index contributed by atoms with van der Waals surface area (Å²) in [5.41, 5.74) is 0.978. The molecule has 0 spiro atoms. The molecule has 1 N–H and O–H groups in total. The van der Waals surface area contributed by atoms with E-state index in [1.807, 2.05) is 48.5 Å². The molecule has 1 aliphatic carbocycles. The van der Waals surface area contributed by atoms with Crippen LogP contribution in [0.2, 0.25) is 0 Å². The molecule has 6 rings (SSSR count). The number of hydrogen-bond acceptors (Lipinski definition) is 3. The molecule has 198 valence electrons. The van der Waals surface area contributed by atoms with Crippen molar-refractivity contribution in [2.45, 2.75) is 61.9 Å². The first kappa shape index (κ1) is 24.9. The Balaban J connectivity index is 1.23. The van der Waals surface area contributed by atoms with E-state index in [1.165, 1.54) is 0 Å². The van der Waals surface area contributed by atoms with Gasteiger partial charge in [0, 0.05) is 30.8 Å².